The quantitative estimate of drug-likeness (QED) is 0.845. The molecule has 2 atom stereocenters. The van der Waals surface area contributed by atoms with Gasteiger partial charge in [-0.15, -0.1) is 0 Å². The second kappa shape index (κ2) is 4.28. The first-order valence-electron chi connectivity index (χ1n) is 5.74. The molecule has 2 unspecified atom stereocenters. The van der Waals surface area contributed by atoms with Gasteiger partial charge in [0.05, 0.1) is 16.6 Å². The van der Waals surface area contributed by atoms with Crippen LogP contribution in [0.2, 0.25) is 0 Å². The van der Waals surface area contributed by atoms with E-state index in [4.69, 9.17) is 5.11 Å². The Morgan fingerprint density at radius 1 is 1.44 bits per heavy atom. The molecular weight excluding hydrogens is 254 g/mol. The average molecular weight is 269 g/mol. The fourth-order valence-electron chi connectivity index (χ4n) is 2.21. The third-order valence-corrected chi connectivity index (χ3v) is 5.41. The number of carbonyl (C=O) groups is 1. The van der Waals surface area contributed by atoms with Gasteiger partial charge in [0.25, 0.3) is 0 Å². The van der Waals surface area contributed by atoms with Crippen molar-refractivity contribution in [2.45, 2.75) is 36.5 Å². The smallest absolute Gasteiger partial charge is 0.324 e. The summed E-state index contributed by atoms with van der Waals surface area (Å²) in [6, 6.07) is 4.45. The number of nitrogens with one attached hydrogen (secondary N) is 1. The Kier molecular flexibility index (Phi) is 3.06. The average Bonchev–Trinajstić information content (AvgIpc) is 2.27. The second-order valence-corrected chi connectivity index (χ2v) is 6.46. The van der Waals surface area contributed by atoms with Gasteiger partial charge in [-0.05, 0) is 31.0 Å². The second-order valence-electron chi connectivity index (χ2n) is 4.42. The van der Waals surface area contributed by atoms with Gasteiger partial charge < -0.3 is 10.4 Å². The molecule has 2 N–H and O–H groups in total. The lowest BCUT2D eigenvalue weighted by Crippen LogP contribution is -2.46. The number of benzene rings is 1. The van der Waals surface area contributed by atoms with E-state index in [1.54, 1.807) is 19.1 Å². The molecule has 0 saturated carbocycles. The topological polar surface area (TPSA) is 83.5 Å². The maximum absolute atomic E-state index is 12.3. The Hall–Kier alpha value is -1.56. The predicted octanol–water partition coefficient (Wildman–Crippen LogP) is 1.29. The minimum absolute atomic E-state index is 0.0901. The predicted molar refractivity (Wildman–Crippen MR) is 67.5 cm³/mol. The van der Waals surface area contributed by atoms with E-state index in [1.807, 2.05) is 13.0 Å². The Labute approximate surface area is 106 Å². The molecule has 0 spiro atoms. The van der Waals surface area contributed by atoms with Gasteiger partial charge in [0, 0.05) is 0 Å². The van der Waals surface area contributed by atoms with Crippen LogP contribution in [0.15, 0.2) is 23.1 Å². The molecule has 1 aromatic rings. The highest BCUT2D eigenvalue weighted by Crippen LogP contribution is 2.33. The summed E-state index contributed by atoms with van der Waals surface area (Å²) in [6.45, 7) is 3.48. The summed E-state index contributed by atoms with van der Waals surface area (Å²) in [7, 11) is -3.83. The molecule has 98 valence electrons. The van der Waals surface area contributed by atoms with E-state index in [9.17, 15) is 13.2 Å². The summed E-state index contributed by atoms with van der Waals surface area (Å²) in [5.74, 6) is -1.32. The van der Waals surface area contributed by atoms with Crippen molar-refractivity contribution >= 4 is 21.5 Å². The lowest BCUT2D eigenvalue weighted by atomic mass is 10.1. The van der Waals surface area contributed by atoms with E-state index in [0.29, 0.717) is 12.1 Å². The largest absolute Gasteiger partial charge is 0.480 e. The first kappa shape index (κ1) is 12.9. The lowest BCUT2D eigenvalue weighted by molar-refractivity contribution is -0.136. The first-order chi connectivity index (χ1) is 8.37. The standard InChI is InChI=1S/C12H15NO4S/c1-3-8-4-5-9-10(6-8)18(16,17)11(12(14)15)7(2)13-9/h4-7,11,13H,3H2,1-2H3,(H,14,15). The number of carboxylic acid groups (broad SMARTS) is 1. The molecule has 1 aliphatic rings. The van der Waals surface area contributed by atoms with Gasteiger partial charge in [-0.1, -0.05) is 13.0 Å². The van der Waals surface area contributed by atoms with E-state index in [1.165, 1.54) is 0 Å². The van der Waals surface area contributed by atoms with Gasteiger partial charge >= 0.3 is 5.97 Å². The first-order valence-corrected chi connectivity index (χ1v) is 7.28. The molecule has 2 rings (SSSR count). The molecule has 5 nitrogen and oxygen atoms in total. The van der Waals surface area contributed by atoms with Crippen molar-refractivity contribution < 1.29 is 18.3 Å². The number of hydrogen-bond acceptors (Lipinski definition) is 4. The van der Waals surface area contributed by atoms with Crippen LogP contribution in [0.5, 0.6) is 0 Å². The SMILES string of the molecule is CCc1ccc2c(c1)S(=O)(=O)C(C(=O)O)C(C)N2. The molecule has 0 radical (unpaired) electrons. The van der Waals surface area contributed by atoms with Crippen LogP contribution in [-0.2, 0) is 21.1 Å². The Morgan fingerprint density at radius 3 is 2.67 bits per heavy atom. The number of hydrogen-bond donors (Lipinski definition) is 2. The Bertz CT molecular complexity index is 594. The highest BCUT2D eigenvalue weighted by atomic mass is 32.2. The lowest BCUT2D eigenvalue weighted by Gasteiger charge is -2.29. The van der Waals surface area contributed by atoms with Crippen LogP contribution in [-0.4, -0.2) is 30.8 Å². The third kappa shape index (κ3) is 1.86. The molecule has 0 saturated heterocycles. The third-order valence-electron chi connectivity index (χ3n) is 3.18. The Balaban J connectivity index is 2.64. The number of anilines is 1. The van der Waals surface area contributed by atoms with Crippen LogP contribution in [0.1, 0.15) is 19.4 Å². The van der Waals surface area contributed by atoms with Gasteiger partial charge in [0.15, 0.2) is 15.1 Å². The number of aliphatic carboxylic acids is 1. The van der Waals surface area contributed by atoms with Crippen molar-refractivity contribution in [3.63, 3.8) is 0 Å². The number of sulfone groups is 1. The van der Waals surface area contributed by atoms with Gasteiger partial charge in [-0.3, -0.25) is 4.79 Å². The molecule has 1 aromatic carbocycles. The number of rotatable bonds is 2. The molecule has 0 aliphatic carbocycles. The van der Waals surface area contributed by atoms with E-state index in [2.05, 4.69) is 5.32 Å². The van der Waals surface area contributed by atoms with E-state index in [-0.39, 0.29) is 4.90 Å². The zero-order valence-corrected chi connectivity index (χ0v) is 11.0. The monoisotopic (exact) mass is 269 g/mol. The highest BCUT2D eigenvalue weighted by Gasteiger charge is 2.43. The van der Waals surface area contributed by atoms with Crippen LogP contribution in [0.4, 0.5) is 5.69 Å². The van der Waals surface area contributed by atoms with Crippen LogP contribution in [0.25, 0.3) is 0 Å². The minimum atomic E-state index is -3.83. The van der Waals surface area contributed by atoms with Crippen LogP contribution < -0.4 is 5.32 Å². The van der Waals surface area contributed by atoms with Crippen molar-refractivity contribution in [1.82, 2.24) is 0 Å². The highest BCUT2D eigenvalue weighted by molar-refractivity contribution is 7.93. The Morgan fingerprint density at radius 2 is 2.11 bits per heavy atom. The number of carboxylic acids is 1. The molecular formula is C12H15NO4S. The summed E-state index contributed by atoms with van der Waals surface area (Å²) in [5, 5.41) is 10.6. The van der Waals surface area contributed by atoms with Gasteiger partial charge in [-0.25, -0.2) is 8.42 Å². The fraction of sp³-hybridized carbons (Fsp3) is 0.417. The van der Waals surface area contributed by atoms with Crippen molar-refractivity contribution in [3.05, 3.63) is 23.8 Å². The molecule has 1 heterocycles. The van der Waals surface area contributed by atoms with Crippen molar-refractivity contribution in [1.29, 1.82) is 0 Å². The van der Waals surface area contributed by atoms with Crippen LogP contribution >= 0.6 is 0 Å². The molecule has 1 aliphatic heterocycles. The van der Waals surface area contributed by atoms with Gasteiger partial charge in [0.2, 0.25) is 0 Å². The minimum Gasteiger partial charge on any atom is -0.480 e. The normalized spacial score (nSPS) is 25.0. The number of fused-ring (bicyclic) bond motifs is 1. The van der Waals surface area contributed by atoms with Crippen molar-refractivity contribution in [3.8, 4) is 0 Å². The summed E-state index contributed by atoms with van der Waals surface area (Å²) in [4.78, 5) is 11.2. The maximum Gasteiger partial charge on any atom is 0.324 e. The summed E-state index contributed by atoms with van der Waals surface area (Å²) in [5.41, 5.74) is 1.36. The molecule has 6 heteroatoms. The molecule has 0 aromatic heterocycles. The molecule has 0 fully saturated rings. The van der Waals surface area contributed by atoms with E-state index < -0.39 is 27.1 Å². The zero-order chi connectivity index (χ0) is 13.5. The summed E-state index contributed by atoms with van der Waals surface area (Å²) < 4.78 is 24.6. The summed E-state index contributed by atoms with van der Waals surface area (Å²) >= 11 is 0. The van der Waals surface area contributed by atoms with Crippen LogP contribution in [0.3, 0.4) is 0 Å². The van der Waals surface area contributed by atoms with Crippen LogP contribution in [0, 0.1) is 0 Å². The number of aryl methyl sites for hydroxylation is 1. The molecule has 0 bridgehead atoms. The van der Waals surface area contributed by atoms with E-state index in [0.717, 1.165) is 5.56 Å². The summed E-state index contributed by atoms with van der Waals surface area (Å²) in [6.07, 6.45) is 0.704. The molecule has 18 heavy (non-hydrogen) atoms. The maximum atomic E-state index is 12.3. The van der Waals surface area contributed by atoms with Crippen molar-refractivity contribution in [2.75, 3.05) is 5.32 Å². The van der Waals surface area contributed by atoms with Crippen molar-refractivity contribution in [2.24, 2.45) is 0 Å². The zero-order valence-electron chi connectivity index (χ0n) is 10.2. The van der Waals surface area contributed by atoms with E-state index >= 15 is 0 Å². The molecule has 0 amide bonds. The van der Waals surface area contributed by atoms with Gasteiger partial charge in [-0.2, -0.15) is 0 Å². The fourth-order valence-corrected chi connectivity index (χ4v) is 4.11. The van der Waals surface area contributed by atoms with Gasteiger partial charge in [0.1, 0.15) is 0 Å².